The van der Waals surface area contributed by atoms with Crippen LogP contribution in [0.4, 0.5) is 0 Å². The number of hydrogen-bond donors (Lipinski definition) is 0. The zero-order valence-corrected chi connectivity index (χ0v) is 8.15. The quantitative estimate of drug-likeness (QED) is 0.613. The molecule has 2 aromatic heterocycles. The molecular weight excluding hydrogens is 162 g/mol. The predicted octanol–water partition coefficient (Wildman–Crippen LogP) is 2.03. The van der Waals surface area contributed by atoms with E-state index in [4.69, 9.17) is 0 Å². The molecule has 0 aliphatic carbocycles. The van der Waals surface area contributed by atoms with E-state index in [-0.39, 0.29) is 5.41 Å². The van der Waals surface area contributed by atoms with Crippen molar-refractivity contribution in [2.45, 2.75) is 26.2 Å². The van der Waals surface area contributed by atoms with Gasteiger partial charge < -0.3 is 0 Å². The molecule has 0 amide bonds. The monoisotopic (exact) mass is 175 g/mol. The van der Waals surface area contributed by atoms with E-state index >= 15 is 0 Å². The summed E-state index contributed by atoms with van der Waals surface area (Å²) in [6, 6.07) is 2.03. The van der Waals surface area contributed by atoms with Gasteiger partial charge in [-0.25, -0.2) is 9.50 Å². The first-order chi connectivity index (χ1) is 6.09. The summed E-state index contributed by atoms with van der Waals surface area (Å²) in [6.45, 7) is 6.53. The molecule has 0 aromatic carbocycles. The zero-order chi connectivity index (χ0) is 9.47. The van der Waals surface area contributed by atoms with Gasteiger partial charge in [-0.3, -0.25) is 0 Å². The van der Waals surface area contributed by atoms with Gasteiger partial charge in [-0.15, -0.1) is 0 Å². The minimum atomic E-state index is 0.121. The Hall–Kier alpha value is -1.38. The molecule has 0 unspecified atom stereocenters. The molecule has 0 aliphatic heterocycles. The standard InChI is InChI=1S/C10H13N3/c1-10(2,3)8-4-5-12-13-7-6-11-9(8)13/h4-7H,1-3H3. The largest absolute Gasteiger partial charge is 0.235 e. The molecule has 2 heterocycles. The second-order valence-corrected chi connectivity index (χ2v) is 4.19. The third-order valence-electron chi connectivity index (χ3n) is 2.10. The lowest BCUT2D eigenvalue weighted by Crippen LogP contribution is -2.13. The van der Waals surface area contributed by atoms with Crippen LogP contribution in [-0.4, -0.2) is 14.6 Å². The lowest BCUT2D eigenvalue weighted by Gasteiger charge is -2.18. The van der Waals surface area contributed by atoms with Gasteiger partial charge in [0.05, 0.1) is 0 Å². The normalized spacial score (nSPS) is 12.2. The van der Waals surface area contributed by atoms with Crippen LogP contribution in [-0.2, 0) is 5.41 Å². The second-order valence-electron chi connectivity index (χ2n) is 4.19. The van der Waals surface area contributed by atoms with Crippen molar-refractivity contribution in [2.75, 3.05) is 0 Å². The highest BCUT2D eigenvalue weighted by atomic mass is 15.2. The van der Waals surface area contributed by atoms with Gasteiger partial charge in [-0.1, -0.05) is 20.8 Å². The van der Waals surface area contributed by atoms with Gasteiger partial charge in [-0.2, -0.15) is 5.10 Å². The topological polar surface area (TPSA) is 30.2 Å². The number of imidazole rings is 1. The van der Waals surface area contributed by atoms with Gasteiger partial charge >= 0.3 is 0 Å². The smallest absolute Gasteiger partial charge is 0.157 e. The van der Waals surface area contributed by atoms with Crippen LogP contribution in [0.5, 0.6) is 0 Å². The van der Waals surface area contributed by atoms with Gasteiger partial charge in [0.25, 0.3) is 0 Å². The highest BCUT2D eigenvalue weighted by Crippen LogP contribution is 2.24. The molecule has 2 rings (SSSR count). The maximum atomic E-state index is 4.29. The van der Waals surface area contributed by atoms with Crippen molar-refractivity contribution in [3.05, 3.63) is 30.2 Å². The predicted molar refractivity (Wildman–Crippen MR) is 51.7 cm³/mol. The SMILES string of the molecule is CC(C)(C)c1ccnn2ccnc12. The number of rotatable bonds is 0. The minimum absolute atomic E-state index is 0.121. The van der Waals surface area contributed by atoms with Crippen LogP contribution < -0.4 is 0 Å². The maximum Gasteiger partial charge on any atom is 0.157 e. The van der Waals surface area contributed by atoms with Gasteiger partial charge in [0, 0.05) is 24.2 Å². The molecule has 2 aromatic rings. The Balaban J connectivity index is 2.75. The maximum absolute atomic E-state index is 4.29. The molecule has 0 N–H and O–H groups in total. The number of nitrogens with zero attached hydrogens (tertiary/aromatic N) is 3. The average molecular weight is 175 g/mol. The number of hydrogen-bond acceptors (Lipinski definition) is 2. The summed E-state index contributed by atoms with van der Waals surface area (Å²) in [5, 5.41) is 4.17. The molecule has 0 atom stereocenters. The van der Waals surface area contributed by atoms with Crippen LogP contribution in [0, 0.1) is 0 Å². The first kappa shape index (κ1) is 8.23. The van der Waals surface area contributed by atoms with Crippen LogP contribution in [0.3, 0.4) is 0 Å². The van der Waals surface area contributed by atoms with E-state index in [1.54, 1.807) is 10.7 Å². The van der Waals surface area contributed by atoms with Crippen molar-refractivity contribution in [2.24, 2.45) is 0 Å². The Morgan fingerprint density at radius 3 is 2.69 bits per heavy atom. The average Bonchev–Trinajstić information content (AvgIpc) is 2.48. The number of aromatic nitrogens is 3. The summed E-state index contributed by atoms with van der Waals surface area (Å²) in [5.74, 6) is 0. The Morgan fingerprint density at radius 2 is 2.00 bits per heavy atom. The van der Waals surface area contributed by atoms with Crippen molar-refractivity contribution in [1.82, 2.24) is 14.6 Å². The molecular formula is C10H13N3. The van der Waals surface area contributed by atoms with Crippen LogP contribution in [0.15, 0.2) is 24.7 Å². The van der Waals surface area contributed by atoms with E-state index in [1.165, 1.54) is 5.56 Å². The Bertz CT molecular complexity index is 423. The first-order valence-corrected chi connectivity index (χ1v) is 4.38. The van der Waals surface area contributed by atoms with Gasteiger partial charge in [-0.05, 0) is 11.5 Å². The van der Waals surface area contributed by atoms with Crippen LogP contribution >= 0.6 is 0 Å². The molecule has 3 heteroatoms. The van der Waals surface area contributed by atoms with Crippen molar-refractivity contribution in [3.63, 3.8) is 0 Å². The summed E-state index contributed by atoms with van der Waals surface area (Å²) in [7, 11) is 0. The molecule has 0 saturated heterocycles. The van der Waals surface area contributed by atoms with Crippen molar-refractivity contribution < 1.29 is 0 Å². The fraction of sp³-hybridized carbons (Fsp3) is 0.400. The fourth-order valence-corrected chi connectivity index (χ4v) is 1.42. The molecule has 0 aliphatic rings. The highest BCUT2D eigenvalue weighted by molar-refractivity contribution is 5.49. The van der Waals surface area contributed by atoms with Crippen molar-refractivity contribution in [1.29, 1.82) is 0 Å². The Kier molecular flexibility index (Phi) is 1.62. The van der Waals surface area contributed by atoms with Gasteiger partial charge in [0.15, 0.2) is 5.65 Å². The highest BCUT2D eigenvalue weighted by Gasteiger charge is 2.17. The summed E-state index contributed by atoms with van der Waals surface area (Å²) in [5.41, 5.74) is 2.30. The molecule has 3 nitrogen and oxygen atoms in total. The zero-order valence-electron chi connectivity index (χ0n) is 8.15. The van der Waals surface area contributed by atoms with Crippen LogP contribution in [0.1, 0.15) is 26.3 Å². The Morgan fingerprint density at radius 1 is 1.23 bits per heavy atom. The lowest BCUT2D eigenvalue weighted by atomic mass is 9.88. The Labute approximate surface area is 77.4 Å². The van der Waals surface area contributed by atoms with E-state index < -0.39 is 0 Å². The first-order valence-electron chi connectivity index (χ1n) is 4.38. The summed E-state index contributed by atoms with van der Waals surface area (Å²) in [6.07, 6.45) is 5.46. The molecule has 0 fully saturated rings. The van der Waals surface area contributed by atoms with E-state index in [9.17, 15) is 0 Å². The molecule has 0 radical (unpaired) electrons. The minimum Gasteiger partial charge on any atom is -0.235 e. The van der Waals surface area contributed by atoms with E-state index in [0.29, 0.717) is 0 Å². The van der Waals surface area contributed by atoms with Gasteiger partial charge in [0.2, 0.25) is 0 Å². The van der Waals surface area contributed by atoms with E-state index in [1.807, 2.05) is 18.5 Å². The van der Waals surface area contributed by atoms with E-state index in [2.05, 4.69) is 30.9 Å². The molecule has 68 valence electrons. The number of fused-ring (bicyclic) bond motifs is 1. The lowest BCUT2D eigenvalue weighted by molar-refractivity contribution is 0.588. The van der Waals surface area contributed by atoms with Crippen LogP contribution in [0.2, 0.25) is 0 Å². The summed E-state index contributed by atoms with van der Waals surface area (Å²) < 4.78 is 1.81. The van der Waals surface area contributed by atoms with Crippen molar-refractivity contribution in [3.8, 4) is 0 Å². The molecule has 0 saturated carbocycles. The summed E-state index contributed by atoms with van der Waals surface area (Å²) >= 11 is 0. The summed E-state index contributed by atoms with van der Waals surface area (Å²) in [4.78, 5) is 4.29. The van der Waals surface area contributed by atoms with E-state index in [0.717, 1.165) is 5.65 Å². The second kappa shape index (κ2) is 2.55. The molecule has 0 spiro atoms. The van der Waals surface area contributed by atoms with Crippen LogP contribution in [0.25, 0.3) is 5.65 Å². The third-order valence-corrected chi connectivity index (χ3v) is 2.10. The molecule has 0 bridgehead atoms. The van der Waals surface area contributed by atoms with Crippen molar-refractivity contribution >= 4 is 5.65 Å². The van der Waals surface area contributed by atoms with Gasteiger partial charge in [0.1, 0.15) is 0 Å². The fourth-order valence-electron chi connectivity index (χ4n) is 1.42. The third kappa shape index (κ3) is 1.30. The molecule has 13 heavy (non-hydrogen) atoms.